The molecule has 1 aliphatic heterocycles. The monoisotopic (exact) mass is 317 g/mol. The van der Waals surface area contributed by atoms with Crippen LogP contribution in [-0.2, 0) is 0 Å². The van der Waals surface area contributed by atoms with E-state index in [4.69, 9.17) is 0 Å². The fourth-order valence-electron chi connectivity index (χ4n) is 2.64. The lowest BCUT2D eigenvalue weighted by atomic mass is 10.2. The molecule has 2 aromatic heterocycles. The Morgan fingerprint density at radius 3 is 3.09 bits per heavy atom. The number of carbonyl (C=O) groups excluding carboxylic acids is 1. The fraction of sp³-hybridized carbons (Fsp3) is 0.467. The van der Waals surface area contributed by atoms with Gasteiger partial charge in [0.25, 0.3) is 5.91 Å². The van der Waals surface area contributed by atoms with E-state index in [9.17, 15) is 4.79 Å². The van der Waals surface area contributed by atoms with Gasteiger partial charge < -0.3 is 10.2 Å². The molecule has 0 spiro atoms. The van der Waals surface area contributed by atoms with E-state index in [-0.39, 0.29) is 11.9 Å². The Kier molecular flexibility index (Phi) is 4.74. The molecule has 1 unspecified atom stereocenters. The molecule has 3 rings (SSSR count). The molecule has 3 heterocycles. The number of aromatic nitrogens is 3. The van der Waals surface area contributed by atoms with E-state index in [1.165, 1.54) is 11.3 Å². The topological polar surface area (TPSA) is 71.0 Å². The normalized spacial score (nSPS) is 17.6. The van der Waals surface area contributed by atoms with Gasteiger partial charge in [0.15, 0.2) is 0 Å². The fourth-order valence-corrected chi connectivity index (χ4v) is 3.40. The Morgan fingerprint density at radius 2 is 2.41 bits per heavy atom. The molecule has 0 radical (unpaired) electrons. The van der Waals surface area contributed by atoms with Gasteiger partial charge in [0.05, 0.1) is 6.20 Å². The van der Waals surface area contributed by atoms with E-state index < -0.39 is 0 Å². The molecular formula is C15H19N5OS. The molecule has 1 amide bonds. The van der Waals surface area contributed by atoms with Gasteiger partial charge in [-0.25, -0.2) is 4.98 Å². The molecule has 1 saturated heterocycles. The summed E-state index contributed by atoms with van der Waals surface area (Å²) in [6.07, 6.45) is 6.87. The molecule has 1 fully saturated rings. The summed E-state index contributed by atoms with van der Waals surface area (Å²) in [5.74, 6) is 0.0157. The smallest absolute Gasteiger partial charge is 0.273 e. The van der Waals surface area contributed by atoms with Gasteiger partial charge in [-0.15, -0.1) is 11.3 Å². The van der Waals surface area contributed by atoms with Crippen molar-refractivity contribution >= 4 is 17.2 Å². The van der Waals surface area contributed by atoms with Crippen LogP contribution < -0.4 is 5.32 Å². The van der Waals surface area contributed by atoms with Crippen molar-refractivity contribution in [2.75, 3.05) is 19.6 Å². The summed E-state index contributed by atoms with van der Waals surface area (Å²) in [5, 5.41) is 5.87. The third kappa shape index (κ3) is 3.15. The largest absolute Gasteiger partial charge is 0.333 e. The zero-order valence-electron chi connectivity index (χ0n) is 12.5. The molecule has 0 aromatic carbocycles. The van der Waals surface area contributed by atoms with Crippen LogP contribution in [0.15, 0.2) is 24.0 Å². The van der Waals surface area contributed by atoms with Gasteiger partial charge in [0.1, 0.15) is 16.4 Å². The molecule has 1 atom stereocenters. The molecule has 116 valence electrons. The first-order chi connectivity index (χ1) is 10.8. The van der Waals surface area contributed by atoms with Gasteiger partial charge >= 0.3 is 0 Å². The van der Waals surface area contributed by atoms with Crippen LogP contribution in [0.3, 0.4) is 0 Å². The van der Waals surface area contributed by atoms with Crippen molar-refractivity contribution in [1.82, 2.24) is 25.2 Å². The van der Waals surface area contributed by atoms with Crippen molar-refractivity contribution in [3.05, 3.63) is 29.7 Å². The SMILES string of the molecule is CCCN(C(=O)c1csc(-c2cnccn2)n1)C1CCNC1. The first-order valence-corrected chi connectivity index (χ1v) is 8.41. The summed E-state index contributed by atoms with van der Waals surface area (Å²) < 4.78 is 0. The van der Waals surface area contributed by atoms with E-state index >= 15 is 0 Å². The standard InChI is InChI=1S/C15H19N5OS/c1-2-7-20(11-3-4-16-8-11)15(21)13-10-22-14(19-13)12-9-17-5-6-18-12/h5-6,9-11,16H,2-4,7-8H2,1H3. The molecule has 7 heteroatoms. The van der Waals surface area contributed by atoms with E-state index in [2.05, 4.69) is 27.2 Å². The van der Waals surface area contributed by atoms with Crippen LogP contribution >= 0.6 is 11.3 Å². The van der Waals surface area contributed by atoms with E-state index in [0.717, 1.165) is 37.5 Å². The van der Waals surface area contributed by atoms with Crippen LogP contribution in [0.2, 0.25) is 0 Å². The number of nitrogens with zero attached hydrogens (tertiary/aromatic N) is 4. The van der Waals surface area contributed by atoms with E-state index in [1.54, 1.807) is 18.6 Å². The second kappa shape index (κ2) is 6.93. The lowest BCUT2D eigenvalue weighted by Crippen LogP contribution is -2.42. The summed E-state index contributed by atoms with van der Waals surface area (Å²) in [6, 6.07) is 0.272. The lowest BCUT2D eigenvalue weighted by Gasteiger charge is -2.27. The minimum absolute atomic E-state index is 0.0157. The predicted molar refractivity (Wildman–Crippen MR) is 85.7 cm³/mol. The summed E-state index contributed by atoms with van der Waals surface area (Å²) in [7, 11) is 0. The third-order valence-electron chi connectivity index (χ3n) is 3.71. The van der Waals surface area contributed by atoms with Crippen LogP contribution in [-0.4, -0.2) is 51.4 Å². The summed E-state index contributed by atoms with van der Waals surface area (Å²) in [6.45, 7) is 4.70. The highest BCUT2D eigenvalue weighted by molar-refractivity contribution is 7.13. The maximum absolute atomic E-state index is 12.8. The number of hydrogen-bond acceptors (Lipinski definition) is 6. The number of rotatable bonds is 5. The van der Waals surface area contributed by atoms with Crippen LogP contribution in [0.1, 0.15) is 30.3 Å². The Hall–Kier alpha value is -1.86. The molecule has 0 saturated carbocycles. The second-order valence-electron chi connectivity index (χ2n) is 5.27. The average Bonchev–Trinajstić information content (AvgIpc) is 3.24. The Labute approximate surface area is 133 Å². The van der Waals surface area contributed by atoms with Crippen molar-refractivity contribution in [3.63, 3.8) is 0 Å². The highest BCUT2D eigenvalue weighted by Crippen LogP contribution is 2.22. The summed E-state index contributed by atoms with van der Waals surface area (Å²) >= 11 is 1.43. The Morgan fingerprint density at radius 1 is 1.50 bits per heavy atom. The Balaban J connectivity index is 1.80. The first kappa shape index (κ1) is 15.1. The lowest BCUT2D eigenvalue weighted by molar-refractivity contribution is 0.0687. The van der Waals surface area contributed by atoms with Gasteiger partial charge in [-0.3, -0.25) is 14.8 Å². The van der Waals surface area contributed by atoms with Gasteiger partial charge in [0.2, 0.25) is 0 Å². The van der Waals surface area contributed by atoms with Crippen molar-refractivity contribution in [2.45, 2.75) is 25.8 Å². The predicted octanol–water partition coefficient (Wildman–Crippen LogP) is 1.81. The zero-order chi connectivity index (χ0) is 15.4. The molecule has 6 nitrogen and oxygen atoms in total. The maximum Gasteiger partial charge on any atom is 0.273 e. The second-order valence-corrected chi connectivity index (χ2v) is 6.13. The van der Waals surface area contributed by atoms with Crippen LogP contribution in [0.5, 0.6) is 0 Å². The molecule has 2 aromatic rings. The van der Waals surface area contributed by atoms with Gasteiger partial charge in [-0.2, -0.15) is 0 Å². The van der Waals surface area contributed by atoms with Gasteiger partial charge in [-0.1, -0.05) is 6.92 Å². The van der Waals surface area contributed by atoms with Crippen molar-refractivity contribution < 1.29 is 4.79 Å². The quantitative estimate of drug-likeness (QED) is 0.911. The van der Waals surface area contributed by atoms with Crippen molar-refractivity contribution in [3.8, 4) is 10.7 Å². The summed E-state index contributed by atoms with van der Waals surface area (Å²) in [5.41, 5.74) is 1.21. The Bertz CT molecular complexity index is 624. The van der Waals surface area contributed by atoms with Crippen LogP contribution in [0.4, 0.5) is 0 Å². The van der Waals surface area contributed by atoms with Crippen LogP contribution in [0, 0.1) is 0 Å². The number of carbonyl (C=O) groups is 1. The number of thiazole rings is 1. The zero-order valence-corrected chi connectivity index (χ0v) is 13.3. The molecular weight excluding hydrogens is 298 g/mol. The number of hydrogen-bond donors (Lipinski definition) is 1. The number of amides is 1. The van der Waals surface area contributed by atoms with Gasteiger partial charge in [-0.05, 0) is 19.4 Å². The molecule has 1 aliphatic rings. The third-order valence-corrected chi connectivity index (χ3v) is 4.57. The summed E-state index contributed by atoms with van der Waals surface area (Å²) in [4.78, 5) is 27.5. The van der Waals surface area contributed by atoms with Crippen molar-refractivity contribution in [1.29, 1.82) is 0 Å². The van der Waals surface area contributed by atoms with E-state index in [1.807, 2.05) is 10.3 Å². The highest BCUT2D eigenvalue weighted by Gasteiger charge is 2.28. The van der Waals surface area contributed by atoms with Crippen molar-refractivity contribution in [2.24, 2.45) is 0 Å². The minimum Gasteiger partial charge on any atom is -0.333 e. The molecule has 0 bridgehead atoms. The first-order valence-electron chi connectivity index (χ1n) is 7.53. The molecule has 0 aliphatic carbocycles. The highest BCUT2D eigenvalue weighted by atomic mass is 32.1. The van der Waals surface area contributed by atoms with Crippen LogP contribution in [0.25, 0.3) is 10.7 Å². The minimum atomic E-state index is 0.0157. The molecule has 22 heavy (non-hydrogen) atoms. The van der Waals surface area contributed by atoms with Gasteiger partial charge in [0, 0.05) is 36.9 Å². The maximum atomic E-state index is 12.8. The van der Waals surface area contributed by atoms with E-state index in [0.29, 0.717) is 11.4 Å². The molecule has 1 N–H and O–H groups in total. The average molecular weight is 317 g/mol. The number of nitrogens with one attached hydrogen (secondary N) is 1.